The van der Waals surface area contributed by atoms with E-state index in [9.17, 15) is 0 Å². The van der Waals surface area contributed by atoms with E-state index >= 15 is 0 Å². The molecule has 7 heteroatoms. The molecule has 3 aromatic rings. The molecule has 0 aliphatic carbocycles. The number of para-hydroxylation sites is 2. The fourth-order valence-electron chi connectivity index (χ4n) is 2.60. The topological polar surface area (TPSA) is 65.1 Å². The van der Waals surface area contributed by atoms with E-state index in [1.54, 1.807) is 7.05 Å². The third-order valence-electron chi connectivity index (χ3n) is 3.92. The predicted octanol–water partition coefficient (Wildman–Crippen LogP) is 4.13. The van der Waals surface area contributed by atoms with Crippen LogP contribution in [0, 0.1) is 0 Å². The minimum atomic E-state index is 0. The molecule has 5 nitrogen and oxygen atoms in total. The van der Waals surface area contributed by atoms with Gasteiger partial charge in [-0.25, -0.2) is 4.98 Å². The van der Waals surface area contributed by atoms with Crippen molar-refractivity contribution >= 4 is 52.6 Å². The molecular formula is C19H23ClIN5. The van der Waals surface area contributed by atoms with Crippen molar-refractivity contribution in [1.82, 2.24) is 20.6 Å². The summed E-state index contributed by atoms with van der Waals surface area (Å²) in [4.78, 5) is 12.2. The number of nitrogens with one attached hydrogen (secondary N) is 3. The van der Waals surface area contributed by atoms with E-state index in [1.807, 2.05) is 48.5 Å². The van der Waals surface area contributed by atoms with Crippen LogP contribution in [-0.4, -0.2) is 29.5 Å². The van der Waals surface area contributed by atoms with Gasteiger partial charge in [0.15, 0.2) is 5.96 Å². The lowest BCUT2D eigenvalue weighted by Crippen LogP contribution is -2.37. The van der Waals surface area contributed by atoms with E-state index in [2.05, 4.69) is 25.6 Å². The Morgan fingerprint density at radius 3 is 2.62 bits per heavy atom. The third kappa shape index (κ3) is 5.88. The summed E-state index contributed by atoms with van der Waals surface area (Å²) in [5.74, 6) is 1.81. The zero-order chi connectivity index (χ0) is 17.5. The maximum absolute atomic E-state index is 5.90. The van der Waals surface area contributed by atoms with Crippen LogP contribution in [-0.2, 0) is 13.0 Å². The average molecular weight is 484 g/mol. The number of fused-ring (bicyclic) bond motifs is 1. The summed E-state index contributed by atoms with van der Waals surface area (Å²) < 4.78 is 0. The van der Waals surface area contributed by atoms with Crippen molar-refractivity contribution in [3.63, 3.8) is 0 Å². The molecule has 0 aliphatic rings. The van der Waals surface area contributed by atoms with Gasteiger partial charge in [-0.15, -0.1) is 24.0 Å². The van der Waals surface area contributed by atoms with Gasteiger partial charge in [-0.2, -0.15) is 0 Å². The number of aromatic amines is 1. The molecular weight excluding hydrogens is 461 g/mol. The Labute approximate surface area is 175 Å². The Balaban J connectivity index is 0.00000243. The molecule has 0 fully saturated rings. The van der Waals surface area contributed by atoms with E-state index in [0.717, 1.165) is 52.8 Å². The van der Waals surface area contributed by atoms with Crippen molar-refractivity contribution in [3.8, 4) is 0 Å². The molecule has 0 unspecified atom stereocenters. The first-order valence-electron chi connectivity index (χ1n) is 8.37. The van der Waals surface area contributed by atoms with Crippen LogP contribution < -0.4 is 10.6 Å². The summed E-state index contributed by atoms with van der Waals surface area (Å²) in [6, 6.07) is 15.9. The number of imidazole rings is 1. The highest BCUT2D eigenvalue weighted by Crippen LogP contribution is 2.11. The van der Waals surface area contributed by atoms with Crippen molar-refractivity contribution in [2.75, 3.05) is 13.6 Å². The monoisotopic (exact) mass is 483 g/mol. The molecule has 0 saturated heterocycles. The van der Waals surface area contributed by atoms with Gasteiger partial charge in [-0.1, -0.05) is 35.9 Å². The largest absolute Gasteiger partial charge is 0.356 e. The normalized spacial score (nSPS) is 11.2. The maximum atomic E-state index is 5.90. The summed E-state index contributed by atoms with van der Waals surface area (Å²) in [5.41, 5.74) is 3.27. The first kappa shape index (κ1) is 20.5. The van der Waals surface area contributed by atoms with E-state index < -0.39 is 0 Å². The number of H-pyrrole nitrogens is 1. The lowest BCUT2D eigenvalue weighted by molar-refractivity contribution is 0.726. The molecule has 0 radical (unpaired) electrons. The van der Waals surface area contributed by atoms with E-state index in [1.165, 1.54) is 0 Å². The Hall–Kier alpha value is -1.80. The van der Waals surface area contributed by atoms with Gasteiger partial charge >= 0.3 is 0 Å². The quantitative estimate of drug-likeness (QED) is 0.214. The Morgan fingerprint density at radius 2 is 1.88 bits per heavy atom. The van der Waals surface area contributed by atoms with Crippen LogP contribution in [0.4, 0.5) is 0 Å². The summed E-state index contributed by atoms with van der Waals surface area (Å²) >= 11 is 5.90. The first-order valence-corrected chi connectivity index (χ1v) is 8.75. The van der Waals surface area contributed by atoms with Crippen LogP contribution in [0.2, 0.25) is 5.02 Å². The number of aryl methyl sites for hydroxylation is 1. The SMILES string of the molecule is CN=C(NCCCc1nc2ccccc2[nH]1)NCc1ccc(Cl)cc1.I. The summed E-state index contributed by atoms with van der Waals surface area (Å²) in [6.07, 6.45) is 1.87. The van der Waals surface area contributed by atoms with Crippen LogP contribution in [0.25, 0.3) is 11.0 Å². The van der Waals surface area contributed by atoms with Gasteiger partial charge in [0.2, 0.25) is 0 Å². The molecule has 26 heavy (non-hydrogen) atoms. The van der Waals surface area contributed by atoms with Gasteiger partial charge in [0.25, 0.3) is 0 Å². The molecule has 3 rings (SSSR count). The second-order valence-corrected chi connectivity index (χ2v) is 6.22. The van der Waals surface area contributed by atoms with E-state index in [4.69, 9.17) is 11.6 Å². The van der Waals surface area contributed by atoms with Gasteiger partial charge in [-0.05, 0) is 36.2 Å². The Bertz CT molecular complexity index is 812. The molecule has 0 spiro atoms. The summed E-state index contributed by atoms with van der Waals surface area (Å²) in [5, 5.41) is 7.37. The molecule has 3 N–H and O–H groups in total. The zero-order valence-electron chi connectivity index (χ0n) is 14.6. The number of benzene rings is 2. The minimum Gasteiger partial charge on any atom is -0.356 e. The van der Waals surface area contributed by atoms with Crippen molar-refractivity contribution in [2.24, 2.45) is 4.99 Å². The molecule has 1 heterocycles. The zero-order valence-corrected chi connectivity index (χ0v) is 17.7. The lowest BCUT2D eigenvalue weighted by Gasteiger charge is -2.11. The Morgan fingerprint density at radius 1 is 1.12 bits per heavy atom. The summed E-state index contributed by atoms with van der Waals surface area (Å²) in [6.45, 7) is 1.54. The molecule has 0 atom stereocenters. The van der Waals surface area contributed by atoms with Gasteiger partial charge < -0.3 is 15.6 Å². The van der Waals surface area contributed by atoms with Crippen LogP contribution >= 0.6 is 35.6 Å². The van der Waals surface area contributed by atoms with Gasteiger partial charge in [0.1, 0.15) is 5.82 Å². The fourth-order valence-corrected chi connectivity index (χ4v) is 2.72. The smallest absolute Gasteiger partial charge is 0.191 e. The number of hydrogen-bond donors (Lipinski definition) is 3. The maximum Gasteiger partial charge on any atom is 0.191 e. The number of rotatable bonds is 6. The van der Waals surface area contributed by atoms with E-state index in [-0.39, 0.29) is 24.0 Å². The molecule has 138 valence electrons. The van der Waals surface area contributed by atoms with Crippen LogP contribution in [0.5, 0.6) is 0 Å². The lowest BCUT2D eigenvalue weighted by atomic mass is 10.2. The van der Waals surface area contributed by atoms with Gasteiger partial charge in [-0.3, -0.25) is 4.99 Å². The average Bonchev–Trinajstić information content (AvgIpc) is 3.05. The number of aliphatic imine (C=N–C) groups is 1. The van der Waals surface area contributed by atoms with Gasteiger partial charge in [0.05, 0.1) is 11.0 Å². The third-order valence-corrected chi connectivity index (χ3v) is 4.17. The molecule has 0 saturated carbocycles. The minimum absolute atomic E-state index is 0. The highest BCUT2D eigenvalue weighted by Gasteiger charge is 2.02. The number of nitrogens with zero attached hydrogens (tertiary/aromatic N) is 2. The summed E-state index contributed by atoms with van der Waals surface area (Å²) in [7, 11) is 1.77. The number of hydrogen-bond acceptors (Lipinski definition) is 2. The molecule has 1 aromatic heterocycles. The standard InChI is InChI=1S/C19H22ClN5.HI/c1-21-19(23-13-14-8-10-15(20)11-9-14)22-12-4-7-18-24-16-5-2-3-6-17(16)25-18;/h2-3,5-6,8-11H,4,7,12-13H2,1H3,(H,24,25)(H2,21,22,23);1H. The molecule has 0 aliphatic heterocycles. The van der Waals surface area contributed by atoms with Crippen LogP contribution in [0.3, 0.4) is 0 Å². The highest BCUT2D eigenvalue weighted by atomic mass is 127. The number of halogens is 2. The molecule has 2 aromatic carbocycles. The van der Waals surface area contributed by atoms with Crippen LogP contribution in [0.1, 0.15) is 17.8 Å². The second kappa shape index (κ2) is 10.4. The van der Waals surface area contributed by atoms with E-state index in [0.29, 0.717) is 6.54 Å². The fraction of sp³-hybridized carbons (Fsp3) is 0.263. The Kier molecular flexibility index (Phi) is 8.18. The van der Waals surface area contributed by atoms with Crippen molar-refractivity contribution < 1.29 is 0 Å². The first-order chi connectivity index (χ1) is 12.2. The second-order valence-electron chi connectivity index (χ2n) is 5.78. The van der Waals surface area contributed by atoms with Crippen molar-refractivity contribution in [1.29, 1.82) is 0 Å². The predicted molar refractivity (Wildman–Crippen MR) is 119 cm³/mol. The van der Waals surface area contributed by atoms with Gasteiger partial charge in [0, 0.05) is 31.6 Å². The van der Waals surface area contributed by atoms with Crippen LogP contribution in [0.15, 0.2) is 53.5 Å². The number of guanidine groups is 1. The highest BCUT2D eigenvalue weighted by molar-refractivity contribution is 14.0. The van der Waals surface area contributed by atoms with Crippen molar-refractivity contribution in [3.05, 3.63) is 64.9 Å². The molecule has 0 amide bonds. The van der Waals surface area contributed by atoms with Crippen molar-refractivity contribution in [2.45, 2.75) is 19.4 Å². The number of aromatic nitrogens is 2. The molecule has 0 bridgehead atoms.